The highest BCUT2D eigenvalue weighted by atomic mass is 16.1. The first-order valence-corrected chi connectivity index (χ1v) is 7.10. The SMILES string of the molecule is O=C1NCCN2c3ccccc3CCc3cccc1c32. The normalized spacial score (nSPS) is 16.6. The Bertz CT molecular complexity index is 693. The first kappa shape index (κ1) is 11.5. The molecular formula is C17H16N2O. The van der Waals surface area contributed by atoms with Gasteiger partial charge in [-0.15, -0.1) is 0 Å². The van der Waals surface area contributed by atoms with E-state index in [0.717, 1.165) is 30.6 Å². The van der Waals surface area contributed by atoms with Crippen LogP contribution in [-0.4, -0.2) is 19.0 Å². The number of hydrogen-bond acceptors (Lipinski definition) is 2. The van der Waals surface area contributed by atoms with Gasteiger partial charge in [0, 0.05) is 18.8 Å². The maximum Gasteiger partial charge on any atom is 0.253 e. The summed E-state index contributed by atoms with van der Waals surface area (Å²) in [6.07, 6.45) is 2.02. The van der Waals surface area contributed by atoms with Crippen LogP contribution >= 0.6 is 0 Å². The molecule has 0 aromatic heterocycles. The average molecular weight is 264 g/mol. The maximum atomic E-state index is 12.2. The van der Waals surface area contributed by atoms with E-state index in [1.54, 1.807) is 0 Å². The minimum Gasteiger partial charge on any atom is -0.350 e. The van der Waals surface area contributed by atoms with Crippen molar-refractivity contribution in [1.29, 1.82) is 0 Å². The van der Waals surface area contributed by atoms with Crippen molar-refractivity contribution in [3.8, 4) is 0 Å². The molecule has 2 aliphatic heterocycles. The van der Waals surface area contributed by atoms with Crippen molar-refractivity contribution in [2.24, 2.45) is 0 Å². The lowest BCUT2D eigenvalue weighted by Crippen LogP contribution is -2.27. The van der Waals surface area contributed by atoms with E-state index in [2.05, 4.69) is 40.5 Å². The van der Waals surface area contributed by atoms with Gasteiger partial charge in [-0.25, -0.2) is 0 Å². The first-order chi connectivity index (χ1) is 9.84. The molecule has 20 heavy (non-hydrogen) atoms. The number of carbonyl (C=O) groups is 1. The molecule has 1 amide bonds. The summed E-state index contributed by atoms with van der Waals surface area (Å²) < 4.78 is 0. The summed E-state index contributed by atoms with van der Waals surface area (Å²) in [4.78, 5) is 14.5. The van der Waals surface area contributed by atoms with Gasteiger partial charge in [-0.3, -0.25) is 4.79 Å². The first-order valence-electron chi connectivity index (χ1n) is 7.10. The Kier molecular flexibility index (Phi) is 2.52. The Hall–Kier alpha value is -2.29. The van der Waals surface area contributed by atoms with Gasteiger partial charge in [0.05, 0.1) is 11.3 Å². The smallest absolute Gasteiger partial charge is 0.253 e. The Labute approximate surface area is 118 Å². The van der Waals surface area contributed by atoms with Crippen LogP contribution in [-0.2, 0) is 12.8 Å². The molecule has 3 nitrogen and oxygen atoms in total. The van der Waals surface area contributed by atoms with Gasteiger partial charge in [-0.05, 0) is 36.1 Å². The Morgan fingerprint density at radius 3 is 2.70 bits per heavy atom. The Morgan fingerprint density at radius 1 is 0.950 bits per heavy atom. The van der Waals surface area contributed by atoms with Crippen molar-refractivity contribution >= 4 is 17.3 Å². The summed E-state index contributed by atoms with van der Waals surface area (Å²) in [5, 5.41) is 2.99. The van der Waals surface area contributed by atoms with Crippen LogP contribution in [0.4, 0.5) is 11.4 Å². The highest BCUT2D eigenvalue weighted by Gasteiger charge is 2.27. The van der Waals surface area contributed by atoms with Crippen LogP contribution in [0, 0.1) is 0 Å². The number of nitrogens with one attached hydrogen (secondary N) is 1. The number of rotatable bonds is 0. The van der Waals surface area contributed by atoms with E-state index in [0.29, 0.717) is 6.54 Å². The fourth-order valence-corrected chi connectivity index (χ4v) is 3.28. The molecule has 3 heteroatoms. The van der Waals surface area contributed by atoms with Crippen LogP contribution < -0.4 is 10.2 Å². The second-order valence-corrected chi connectivity index (χ2v) is 5.35. The third-order valence-electron chi connectivity index (χ3n) is 4.20. The van der Waals surface area contributed by atoms with Gasteiger partial charge in [0.1, 0.15) is 0 Å². The molecule has 0 saturated heterocycles. The van der Waals surface area contributed by atoms with Gasteiger partial charge in [-0.1, -0.05) is 30.3 Å². The van der Waals surface area contributed by atoms with E-state index in [9.17, 15) is 4.79 Å². The van der Waals surface area contributed by atoms with E-state index in [1.807, 2.05) is 12.1 Å². The molecule has 0 radical (unpaired) electrons. The molecule has 0 aliphatic carbocycles. The monoisotopic (exact) mass is 264 g/mol. The Morgan fingerprint density at radius 2 is 1.75 bits per heavy atom. The number of hydrogen-bond donors (Lipinski definition) is 1. The number of aryl methyl sites for hydroxylation is 2. The quantitative estimate of drug-likeness (QED) is 0.793. The highest BCUT2D eigenvalue weighted by Crippen LogP contribution is 2.38. The molecule has 0 unspecified atom stereocenters. The Balaban J connectivity index is 2.00. The summed E-state index contributed by atoms with van der Waals surface area (Å²) in [6.45, 7) is 1.51. The third kappa shape index (κ3) is 1.63. The minimum atomic E-state index is 0.0451. The average Bonchev–Trinajstić information content (AvgIpc) is 2.75. The second-order valence-electron chi connectivity index (χ2n) is 5.35. The van der Waals surface area contributed by atoms with Gasteiger partial charge >= 0.3 is 0 Å². The molecule has 2 aromatic rings. The van der Waals surface area contributed by atoms with E-state index in [-0.39, 0.29) is 5.91 Å². The zero-order valence-electron chi connectivity index (χ0n) is 11.2. The molecule has 4 rings (SSSR count). The molecule has 2 aliphatic rings. The van der Waals surface area contributed by atoms with Crippen LogP contribution in [0.1, 0.15) is 21.5 Å². The third-order valence-corrected chi connectivity index (χ3v) is 4.20. The minimum absolute atomic E-state index is 0.0451. The standard InChI is InChI=1S/C17H16N2O/c20-17-14-6-3-5-13-9-8-12-4-1-2-7-15(12)19(16(13)14)11-10-18-17/h1-7H,8-11H2,(H,18,20). The van der Waals surface area contributed by atoms with E-state index < -0.39 is 0 Å². The fraction of sp³-hybridized carbons (Fsp3) is 0.235. The van der Waals surface area contributed by atoms with E-state index >= 15 is 0 Å². The summed E-state index contributed by atoms with van der Waals surface area (Å²) >= 11 is 0. The predicted octanol–water partition coefficient (Wildman–Crippen LogP) is 2.67. The van der Waals surface area contributed by atoms with Crippen molar-refractivity contribution in [1.82, 2.24) is 5.32 Å². The topological polar surface area (TPSA) is 32.3 Å². The number of anilines is 2. The van der Waals surface area contributed by atoms with Gasteiger partial charge < -0.3 is 10.2 Å². The maximum absolute atomic E-state index is 12.2. The molecular weight excluding hydrogens is 248 g/mol. The van der Waals surface area contributed by atoms with Crippen LogP contribution in [0.3, 0.4) is 0 Å². The van der Waals surface area contributed by atoms with Crippen molar-refractivity contribution in [2.75, 3.05) is 18.0 Å². The van der Waals surface area contributed by atoms with E-state index in [1.165, 1.54) is 16.8 Å². The van der Waals surface area contributed by atoms with Gasteiger partial charge in [0.25, 0.3) is 5.91 Å². The van der Waals surface area contributed by atoms with Crippen LogP contribution in [0.25, 0.3) is 0 Å². The summed E-state index contributed by atoms with van der Waals surface area (Å²) in [5.74, 6) is 0.0451. The number of para-hydroxylation sites is 2. The lowest BCUT2D eigenvalue weighted by Gasteiger charge is -2.26. The molecule has 1 N–H and O–H groups in total. The molecule has 0 spiro atoms. The van der Waals surface area contributed by atoms with Crippen molar-refractivity contribution < 1.29 is 4.79 Å². The summed E-state index contributed by atoms with van der Waals surface area (Å²) in [5.41, 5.74) is 5.79. The van der Waals surface area contributed by atoms with Crippen LogP contribution in [0.2, 0.25) is 0 Å². The van der Waals surface area contributed by atoms with Crippen molar-refractivity contribution in [3.05, 3.63) is 59.2 Å². The lowest BCUT2D eigenvalue weighted by atomic mass is 10.0. The zero-order valence-corrected chi connectivity index (χ0v) is 11.2. The van der Waals surface area contributed by atoms with Crippen molar-refractivity contribution in [2.45, 2.75) is 12.8 Å². The summed E-state index contributed by atoms with van der Waals surface area (Å²) in [6, 6.07) is 14.6. The lowest BCUT2D eigenvalue weighted by molar-refractivity contribution is 0.0958. The predicted molar refractivity (Wildman–Crippen MR) is 79.6 cm³/mol. The van der Waals surface area contributed by atoms with Crippen molar-refractivity contribution in [3.63, 3.8) is 0 Å². The molecule has 0 bridgehead atoms. The number of nitrogens with zero attached hydrogens (tertiary/aromatic N) is 1. The summed E-state index contributed by atoms with van der Waals surface area (Å²) in [7, 11) is 0. The molecule has 0 atom stereocenters. The molecule has 100 valence electrons. The largest absolute Gasteiger partial charge is 0.350 e. The number of amides is 1. The molecule has 0 fully saturated rings. The van der Waals surface area contributed by atoms with Crippen LogP contribution in [0.15, 0.2) is 42.5 Å². The highest BCUT2D eigenvalue weighted by molar-refractivity contribution is 6.02. The molecule has 0 saturated carbocycles. The molecule has 2 heterocycles. The van der Waals surface area contributed by atoms with Crippen LogP contribution in [0.5, 0.6) is 0 Å². The number of benzene rings is 2. The second kappa shape index (κ2) is 4.37. The number of fused-ring (bicyclic) bond motifs is 2. The fourth-order valence-electron chi connectivity index (χ4n) is 3.28. The zero-order chi connectivity index (χ0) is 13.5. The number of carbonyl (C=O) groups excluding carboxylic acids is 1. The molecule has 2 aromatic carbocycles. The van der Waals surface area contributed by atoms with Gasteiger partial charge in [0.15, 0.2) is 0 Å². The van der Waals surface area contributed by atoms with Gasteiger partial charge in [-0.2, -0.15) is 0 Å². The van der Waals surface area contributed by atoms with Gasteiger partial charge in [0.2, 0.25) is 0 Å². The van der Waals surface area contributed by atoms with E-state index in [4.69, 9.17) is 0 Å².